The third kappa shape index (κ3) is 4.15. The number of aromatic nitrogens is 2. The van der Waals surface area contributed by atoms with E-state index in [2.05, 4.69) is 68.4 Å². The van der Waals surface area contributed by atoms with E-state index in [0.29, 0.717) is 17.5 Å². The van der Waals surface area contributed by atoms with Crippen molar-refractivity contribution in [2.45, 2.75) is 26.7 Å². The van der Waals surface area contributed by atoms with Gasteiger partial charge in [-0.15, -0.1) is 0 Å². The van der Waals surface area contributed by atoms with Gasteiger partial charge in [-0.3, -0.25) is 0 Å². The van der Waals surface area contributed by atoms with E-state index in [-0.39, 0.29) is 0 Å². The molecule has 5 heteroatoms. The van der Waals surface area contributed by atoms with Crippen LogP contribution in [0.5, 0.6) is 0 Å². The van der Waals surface area contributed by atoms with Crippen LogP contribution in [0.15, 0.2) is 28.7 Å². The maximum Gasteiger partial charge on any atom is 0.146 e. The highest BCUT2D eigenvalue weighted by molar-refractivity contribution is 14.1. The molecule has 0 bridgehead atoms. The Morgan fingerprint density at radius 3 is 2.60 bits per heavy atom. The van der Waals surface area contributed by atoms with Crippen molar-refractivity contribution in [2.24, 2.45) is 5.92 Å². The van der Waals surface area contributed by atoms with Crippen LogP contribution in [-0.4, -0.2) is 9.97 Å². The molecule has 0 aliphatic carbocycles. The zero-order valence-corrected chi connectivity index (χ0v) is 15.8. The van der Waals surface area contributed by atoms with Crippen molar-refractivity contribution >= 4 is 50.1 Å². The summed E-state index contributed by atoms with van der Waals surface area (Å²) in [5.74, 6) is 1.32. The summed E-state index contributed by atoms with van der Waals surface area (Å²) in [6, 6.07) is 8.11. The number of rotatable bonds is 4. The monoisotopic (exact) mass is 464 g/mol. The second-order valence-corrected chi connectivity index (χ2v) is 7.35. The first-order valence-electron chi connectivity index (χ1n) is 6.41. The fourth-order valence-corrected chi connectivity index (χ4v) is 3.02. The van der Waals surface area contributed by atoms with Crippen molar-refractivity contribution in [2.75, 3.05) is 0 Å². The van der Waals surface area contributed by atoms with Crippen LogP contribution in [0.3, 0.4) is 0 Å². The summed E-state index contributed by atoms with van der Waals surface area (Å²) in [6.45, 7) is 4.36. The maximum atomic E-state index is 6.24. The topological polar surface area (TPSA) is 25.8 Å². The van der Waals surface area contributed by atoms with E-state index in [9.17, 15) is 0 Å². The molecule has 0 spiro atoms. The fourth-order valence-electron chi connectivity index (χ4n) is 1.92. The average molecular weight is 466 g/mol. The minimum Gasteiger partial charge on any atom is -0.236 e. The van der Waals surface area contributed by atoms with E-state index in [0.717, 1.165) is 26.0 Å². The molecule has 1 heterocycles. The number of hydrogen-bond donors (Lipinski definition) is 0. The van der Waals surface area contributed by atoms with Crippen molar-refractivity contribution in [1.82, 2.24) is 9.97 Å². The SMILES string of the molecule is CC(C)Cc1nc(Cc2ccccc2Br)nc(Cl)c1I. The second-order valence-electron chi connectivity index (χ2n) is 5.06. The van der Waals surface area contributed by atoms with Gasteiger partial charge < -0.3 is 0 Å². The van der Waals surface area contributed by atoms with Gasteiger partial charge in [-0.25, -0.2) is 9.97 Å². The molecule has 1 aromatic carbocycles. The first-order valence-corrected chi connectivity index (χ1v) is 8.66. The van der Waals surface area contributed by atoms with Crippen LogP contribution in [-0.2, 0) is 12.8 Å². The molecule has 2 rings (SSSR count). The summed E-state index contributed by atoms with van der Waals surface area (Å²) >= 11 is 12.0. The summed E-state index contributed by atoms with van der Waals surface area (Å²) in [4.78, 5) is 9.09. The van der Waals surface area contributed by atoms with Crippen molar-refractivity contribution in [3.63, 3.8) is 0 Å². The molecule has 0 fully saturated rings. The Morgan fingerprint density at radius 1 is 1.25 bits per heavy atom. The molecular formula is C15H15BrClIN2. The van der Waals surface area contributed by atoms with Gasteiger partial charge >= 0.3 is 0 Å². The molecule has 106 valence electrons. The normalized spacial score (nSPS) is 11.1. The number of nitrogens with zero attached hydrogens (tertiary/aromatic N) is 2. The van der Waals surface area contributed by atoms with E-state index >= 15 is 0 Å². The number of hydrogen-bond acceptors (Lipinski definition) is 2. The van der Waals surface area contributed by atoms with Gasteiger partial charge in [0, 0.05) is 10.9 Å². The zero-order chi connectivity index (χ0) is 14.7. The largest absolute Gasteiger partial charge is 0.236 e. The van der Waals surface area contributed by atoms with Gasteiger partial charge in [0.25, 0.3) is 0 Å². The second kappa shape index (κ2) is 7.18. The lowest BCUT2D eigenvalue weighted by molar-refractivity contribution is 0.628. The summed E-state index contributed by atoms with van der Waals surface area (Å²) < 4.78 is 2.04. The molecular weight excluding hydrogens is 450 g/mol. The predicted molar refractivity (Wildman–Crippen MR) is 95.2 cm³/mol. The van der Waals surface area contributed by atoms with Crippen molar-refractivity contribution in [3.05, 3.63) is 54.5 Å². The van der Waals surface area contributed by atoms with Gasteiger partial charge in [0.15, 0.2) is 0 Å². The van der Waals surface area contributed by atoms with Crippen LogP contribution >= 0.6 is 50.1 Å². The van der Waals surface area contributed by atoms with Gasteiger partial charge in [-0.2, -0.15) is 0 Å². The minimum atomic E-state index is 0.547. The third-order valence-corrected chi connectivity index (χ3v) is 5.33. The molecule has 0 aliphatic rings. The lowest BCUT2D eigenvalue weighted by atomic mass is 10.1. The summed E-state index contributed by atoms with van der Waals surface area (Å²) in [6.07, 6.45) is 1.60. The molecule has 0 unspecified atom stereocenters. The van der Waals surface area contributed by atoms with Crippen molar-refractivity contribution in [1.29, 1.82) is 0 Å². The van der Waals surface area contributed by atoms with Crippen molar-refractivity contribution in [3.8, 4) is 0 Å². The van der Waals surface area contributed by atoms with E-state index < -0.39 is 0 Å². The zero-order valence-electron chi connectivity index (χ0n) is 11.3. The lowest BCUT2D eigenvalue weighted by Gasteiger charge is -2.10. The predicted octanol–water partition coefficient (Wildman–Crippen LogP) is 5.29. The minimum absolute atomic E-state index is 0.547. The molecule has 0 radical (unpaired) electrons. The maximum absolute atomic E-state index is 6.24. The van der Waals surface area contributed by atoms with Crippen LogP contribution in [0.25, 0.3) is 0 Å². The van der Waals surface area contributed by atoms with E-state index in [4.69, 9.17) is 11.6 Å². The molecule has 0 saturated carbocycles. The highest BCUT2D eigenvalue weighted by Crippen LogP contribution is 2.24. The Morgan fingerprint density at radius 2 is 1.95 bits per heavy atom. The van der Waals surface area contributed by atoms with Gasteiger partial charge in [-0.05, 0) is 46.6 Å². The number of benzene rings is 1. The highest BCUT2D eigenvalue weighted by Gasteiger charge is 2.13. The van der Waals surface area contributed by atoms with E-state index in [1.54, 1.807) is 0 Å². The van der Waals surface area contributed by atoms with Gasteiger partial charge in [0.2, 0.25) is 0 Å². The van der Waals surface area contributed by atoms with Gasteiger partial charge in [0.05, 0.1) is 9.26 Å². The Hall–Kier alpha value is -0.200. The van der Waals surface area contributed by atoms with E-state index in [1.807, 2.05) is 18.2 Å². The Kier molecular flexibility index (Phi) is 5.81. The first kappa shape index (κ1) is 16.2. The quantitative estimate of drug-likeness (QED) is 0.453. The number of halogens is 3. The Balaban J connectivity index is 2.33. The first-order chi connectivity index (χ1) is 9.47. The van der Waals surface area contributed by atoms with E-state index in [1.165, 1.54) is 5.56 Å². The molecule has 0 atom stereocenters. The van der Waals surface area contributed by atoms with Crippen LogP contribution in [0, 0.1) is 9.49 Å². The van der Waals surface area contributed by atoms with Crippen LogP contribution in [0.1, 0.15) is 30.9 Å². The average Bonchev–Trinajstić information content (AvgIpc) is 2.37. The molecule has 0 N–H and O–H groups in total. The van der Waals surface area contributed by atoms with Crippen LogP contribution < -0.4 is 0 Å². The smallest absolute Gasteiger partial charge is 0.146 e. The molecule has 0 amide bonds. The Bertz CT molecular complexity index is 617. The summed E-state index contributed by atoms with van der Waals surface area (Å²) in [5.41, 5.74) is 2.21. The van der Waals surface area contributed by atoms with Crippen LogP contribution in [0.4, 0.5) is 0 Å². The highest BCUT2D eigenvalue weighted by atomic mass is 127. The third-order valence-electron chi connectivity index (χ3n) is 2.83. The van der Waals surface area contributed by atoms with Gasteiger partial charge in [0.1, 0.15) is 11.0 Å². The van der Waals surface area contributed by atoms with Gasteiger partial charge in [-0.1, -0.05) is 59.6 Å². The Labute approximate surface area is 146 Å². The summed E-state index contributed by atoms with van der Waals surface area (Å²) in [7, 11) is 0. The fraction of sp³-hybridized carbons (Fsp3) is 0.333. The summed E-state index contributed by atoms with van der Waals surface area (Å²) in [5, 5.41) is 0.554. The molecule has 0 aliphatic heterocycles. The standard InChI is InChI=1S/C15H15BrClIN2/c1-9(2)7-12-14(18)15(17)20-13(19-12)8-10-5-3-4-6-11(10)16/h3-6,9H,7-8H2,1-2H3. The molecule has 1 aromatic heterocycles. The molecule has 20 heavy (non-hydrogen) atoms. The molecule has 0 saturated heterocycles. The lowest BCUT2D eigenvalue weighted by Crippen LogP contribution is -2.07. The van der Waals surface area contributed by atoms with Crippen LogP contribution in [0.2, 0.25) is 5.15 Å². The molecule has 2 nitrogen and oxygen atoms in total. The molecule has 2 aromatic rings. The van der Waals surface area contributed by atoms with Crippen molar-refractivity contribution < 1.29 is 0 Å².